The maximum atomic E-state index is 12.9. The minimum atomic E-state index is -3.81. The molecule has 2 heterocycles. The Morgan fingerprint density at radius 3 is 2.31 bits per heavy atom. The van der Waals surface area contributed by atoms with E-state index in [1.165, 1.54) is 76.1 Å². The van der Waals surface area contributed by atoms with Gasteiger partial charge in [0, 0.05) is 0 Å². The number of fused-ring (bicyclic) bond motifs is 1. The number of benzene rings is 1. The molecule has 0 bridgehead atoms. The summed E-state index contributed by atoms with van der Waals surface area (Å²) in [5.41, 5.74) is 8.16. The normalized spacial score (nSPS) is 13.9. The molecule has 3 aromatic rings. The summed E-state index contributed by atoms with van der Waals surface area (Å²) in [5, 5.41) is 0. The quantitative estimate of drug-likeness (QED) is 0.0822. The third-order valence-corrected chi connectivity index (χ3v) is 9.27. The number of thioether (sulfide) groups is 1. The molecule has 0 aliphatic rings. The number of hydrogen-bond donors (Lipinski definition) is 2. The summed E-state index contributed by atoms with van der Waals surface area (Å²) in [7, 11) is -3.81. The van der Waals surface area contributed by atoms with Crippen LogP contribution in [0.1, 0.15) is 83.1 Å². The second-order valence-corrected chi connectivity index (χ2v) is 13.8. The molecule has 2 aromatic heterocycles. The van der Waals surface area contributed by atoms with Gasteiger partial charge >= 0.3 is 7.60 Å². The lowest BCUT2D eigenvalue weighted by Gasteiger charge is -2.17. The zero-order valence-corrected chi connectivity index (χ0v) is 26.5. The van der Waals surface area contributed by atoms with Gasteiger partial charge in [-0.1, -0.05) is 63.5 Å². The molecule has 234 valence electrons. The molecule has 2 atom stereocenters. The van der Waals surface area contributed by atoms with Crippen molar-refractivity contribution in [3.63, 3.8) is 0 Å². The van der Waals surface area contributed by atoms with E-state index >= 15 is 0 Å². The van der Waals surface area contributed by atoms with Crippen LogP contribution in [0.2, 0.25) is 0 Å². The molecule has 1 unspecified atom stereocenters. The van der Waals surface area contributed by atoms with Crippen LogP contribution in [0.25, 0.3) is 11.2 Å². The molecule has 0 amide bonds. The summed E-state index contributed by atoms with van der Waals surface area (Å²) in [5.74, 6) is 2.18. The number of nitrogen functional groups attached to an aromatic ring is 1. The molecule has 3 N–H and O–H groups in total. The third-order valence-electron chi connectivity index (χ3n) is 7.05. The molecular formula is C30H47FN5O4PS. The number of nitrogens with zero attached hydrogens (tertiary/aromatic N) is 4. The number of nitrogens with two attached hydrogens (primary N) is 1. The average molecular weight is 624 g/mol. The van der Waals surface area contributed by atoms with E-state index in [0.29, 0.717) is 23.5 Å². The smallest absolute Gasteiger partial charge is 0.353 e. The van der Waals surface area contributed by atoms with Crippen molar-refractivity contribution >= 4 is 36.3 Å². The number of hydrogen-bond acceptors (Lipinski definition) is 8. The van der Waals surface area contributed by atoms with E-state index in [1.54, 1.807) is 23.0 Å². The molecule has 42 heavy (non-hydrogen) atoms. The predicted molar refractivity (Wildman–Crippen MR) is 169 cm³/mol. The maximum absolute atomic E-state index is 12.9. The summed E-state index contributed by atoms with van der Waals surface area (Å²) in [6, 6.07) is 6.87. The summed E-state index contributed by atoms with van der Waals surface area (Å²) in [4.78, 5) is 22.4. The lowest BCUT2D eigenvalue weighted by atomic mass is 10.0. The number of unbranched alkanes of at least 4 members (excludes halogenated alkanes) is 9. The molecule has 0 fully saturated rings. The van der Waals surface area contributed by atoms with Gasteiger partial charge in [0.25, 0.3) is 0 Å². The molecule has 0 aliphatic carbocycles. The number of halogens is 1. The van der Waals surface area contributed by atoms with Crippen LogP contribution in [0, 0.1) is 5.82 Å². The monoisotopic (exact) mass is 623 g/mol. The van der Waals surface area contributed by atoms with Crippen molar-refractivity contribution in [1.29, 1.82) is 0 Å². The number of aromatic nitrogens is 4. The first-order chi connectivity index (χ1) is 20.3. The zero-order chi connectivity index (χ0) is 30.0. The summed E-state index contributed by atoms with van der Waals surface area (Å²) >= 11 is 1.88. The second kappa shape index (κ2) is 19.3. The lowest BCUT2D eigenvalue weighted by Crippen LogP contribution is -2.17. The maximum Gasteiger partial charge on any atom is 0.353 e. The van der Waals surface area contributed by atoms with Crippen molar-refractivity contribution in [1.82, 2.24) is 19.5 Å². The van der Waals surface area contributed by atoms with Crippen LogP contribution in [0.3, 0.4) is 0 Å². The van der Waals surface area contributed by atoms with E-state index in [-0.39, 0.29) is 24.9 Å². The van der Waals surface area contributed by atoms with Crippen molar-refractivity contribution < 1.29 is 23.1 Å². The minimum Gasteiger partial charge on any atom is -0.382 e. The van der Waals surface area contributed by atoms with Crippen molar-refractivity contribution in [2.45, 2.75) is 96.6 Å². The van der Waals surface area contributed by atoms with E-state index in [4.69, 9.17) is 15.0 Å². The van der Waals surface area contributed by atoms with Gasteiger partial charge < -0.3 is 24.5 Å². The van der Waals surface area contributed by atoms with Gasteiger partial charge in [-0.15, -0.1) is 0 Å². The fraction of sp³-hybridized carbons (Fsp3) is 0.633. The van der Waals surface area contributed by atoms with Gasteiger partial charge in [-0.05, 0) is 61.8 Å². The van der Waals surface area contributed by atoms with Gasteiger partial charge in [0.1, 0.15) is 24.0 Å². The molecule has 1 aromatic carbocycles. The Kier molecular flexibility index (Phi) is 15.8. The summed E-state index contributed by atoms with van der Waals surface area (Å²) < 4.78 is 37.9. The second-order valence-electron chi connectivity index (χ2n) is 10.8. The minimum absolute atomic E-state index is 0.161. The van der Waals surface area contributed by atoms with Gasteiger partial charge in [-0.25, -0.2) is 19.3 Å². The molecule has 9 nitrogen and oxygen atoms in total. The number of imidazole rings is 1. The van der Waals surface area contributed by atoms with Crippen molar-refractivity contribution in [3.8, 4) is 0 Å². The van der Waals surface area contributed by atoms with Crippen LogP contribution in [0.4, 0.5) is 10.2 Å². The molecule has 0 aliphatic heterocycles. The molecule has 0 saturated heterocycles. The van der Waals surface area contributed by atoms with E-state index in [9.17, 15) is 13.8 Å². The number of anilines is 1. The molecular weight excluding hydrogens is 576 g/mol. The zero-order valence-electron chi connectivity index (χ0n) is 24.8. The van der Waals surface area contributed by atoms with Crippen LogP contribution < -0.4 is 5.73 Å². The van der Waals surface area contributed by atoms with E-state index < -0.39 is 7.60 Å². The fourth-order valence-corrected chi connectivity index (χ4v) is 6.56. The summed E-state index contributed by atoms with van der Waals surface area (Å²) in [6.07, 6.45) is 16.8. The van der Waals surface area contributed by atoms with E-state index in [2.05, 4.69) is 15.0 Å². The van der Waals surface area contributed by atoms with Gasteiger partial charge in [-0.3, -0.25) is 4.57 Å². The Hall–Kier alpha value is -2.04. The number of rotatable bonds is 23. The molecule has 12 heteroatoms. The lowest BCUT2D eigenvalue weighted by molar-refractivity contribution is 0.0718. The van der Waals surface area contributed by atoms with Crippen LogP contribution in [0.5, 0.6) is 0 Å². The van der Waals surface area contributed by atoms with Gasteiger partial charge in [-0.2, -0.15) is 11.8 Å². The van der Waals surface area contributed by atoms with E-state index in [1.807, 2.05) is 30.8 Å². The van der Waals surface area contributed by atoms with Gasteiger partial charge in [0.2, 0.25) is 0 Å². The Balaban J connectivity index is 1.08. The first kappa shape index (κ1) is 34.5. The molecule has 0 radical (unpaired) electrons. The first-order valence-corrected chi connectivity index (χ1v) is 18.1. The van der Waals surface area contributed by atoms with Crippen LogP contribution in [0.15, 0.2) is 36.9 Å². The third kappa shape index (κ3) is 13.5. The van der Waals surface area contributed by atoms with Gasteiger partial charge in [0.15, 0.2) is 11.5 Å². The first-order valence-electron chi connectivity index (χ1n) is 15.2. The molecule has 3 rings (SSSR count). The summed E-state index contributed by atoms with van der Waals surface area (Å²) in [6.45, 7) is 2.46. The van der Waals surface area contributed by atoms with Crippen molar-refractivity contribution in [2.24, 2.45) is 0 Å². The van der Waals surface area contributed by atoms with Crippen molar-refractivity contribution in [2.75, 3.05) is 30.2 Å². The Morgan fingerprint density at radius 1 is 0.952 bits per heavy atom. The SMILES string of the molecule is C[C@H](Cn1cnc2c(N)ncnc21)OCP(=O)(O)OCCCSCCCCCCCCCCCCc1ccc(F)cc1. The predicted octanol–water partition coefficient (Wildman–Crippen LogP) is 7.38. The highest BCUT2D eigenvalue weighted by Crippen LogP contribution is 2.42. The Morgan fingerprint density at radius 2 is 1.60 bits per heavy atom. The highest BCUT2D eigenvalue weighted by molar-refractivity contribution is 7.99. The van der Waals surface area contributed by atoms with Gasteiger partial charge in [0.05, 0.1) is 25.6 Å². The van der Waals surface area contributed by atoms with Crippen LogP contribution in [-0.2, 0) is 26.8 Å². The van der Waals surface area contributed by atoms with Crippen LogP contribution >= 0.6 is 19.4 Å². The molecule has 0 saturated carbocycles. The Bertz CT molecular complexity index is 1220. The van der Waals surface area contributed by atoms with Crippen molar-refractivity contribution in [3.05, 3.63) is 48.3 Å². The van der Waals surface area contributed by atoms with E-state index in [0.717, 1.165) is 24.3 Å². The van der Waals surface area contributed by atoms with Crippen LogP contribution in [-0.4, -0.2) is 55.0 Å². The topological polar surface area (TPSA) is 125 Å². The number of ether oxygens (including phenoxy) is 1. The molecule has 0 spiro atoms. The fourth-order valence-electron chi connectivity index (χ4n) is 4.69. The Labute approximate surface area is 253 Å². The number of aryl methyl sites for hydroxylation is 1. The standard InChI is InChI=1S/C30H47FN5O4PS/c1-25(21-36-23-35-28-29(32)33-22-34-30(28)36)39-24-41(37,38)40-18-12-20-42-19-11-9-7-5-3-2-4-6-8-10-13-26-14-16-27(31)17-15-26/h14-17,22-23,25H,2-13,18-21,24H2,1H3,(H,37,38)(H2,32,33,34)/t25-/m1/s1. The largest absolute Gasteiger partial charge is 0.382 e. The average Bonchev–Trinajstić information content (AvgIpc) is 3.38. The highest BCUT2D eigenvalue weighted by atomic mass is 32.2. The highest BCUT2D eigenvalue weighted by Gasteiger charge is 2.21.